The fraction of sp³-hybridized carbons (Fsp3) is 0.455. The molecule has 1 nitrogen and oxygen atoms in total. The molecule has 0 aliphatic heterocycles. The Morgan fingerprint density at radius 1 is 1.36 bits per heavy atom. The Morgan fingerprint density at radius 3 is 2.64 bits per heavy atom. The Morgan fingerprint density at radius 2 is 2.07 bits per heavy atom. The van der Waals surface area contributed by atoms with Crippen molar-refractivity contribution in [2.45, 2.75) is 25.8 Å². The van der Waals surface area contributed by atoms with Crippen LogP contribution >= 0.6 is 0 Å². The van der Waals surface area contributed by atoms with Crippen LogP contribution in [0.1, 0.15) is 31.4 Å². The van der Waals surface area contributed by atoms with Crippen LogP contribution in [0.3, 0.4) is 0 Å². The van der Waals surface area contributed by atoms with E-state index < -0.39 is 5.82 Å². The molecule has 14 heavy (non-hydrogen) atoms. The zero-order valence-corrected chi connectivity index (χ0v) is 8.48. The zero-order valence-electron chi connectivity index (χ0n) is 8.48. The van der Waals surface area contributed by atoms with Crippen molar-refractivity contribution in [3.8, 4) is 0 Å². The van der Waals surface area contributed by atoms with Crippen LogP contribution in [0, 0.1) is 11.6 Å². The fourth-order valence-electron chi connectivity index (χ4n) is 1.53. The smallest absolute Gasteiger partial charge is 0.128 e. The molecule has 0 aromatic heterocycles. The van der Waals surface area contributed by atoms with Gasteiger partial charge in [0, 0.05) is 11.6 Å². The highest BCUT2D eigenvalue weighted by Gasteiger charge is 2.13. The molecular weight excluding hydrogens is 184 g/mol. The van der Waals surface area contributed by atoms with Gasteiger partial charge in [-0.15, -0.1) is 0 Å². The van der Waals surface area contributed by atoms with E-state index in [2.05, 4.69) is 5.32 Å². The summed E-state index contributed by atoms with van der Waals surface area (Å²) in [7, 11) is 1.75. The Balaban J connectivity index is 2.96. The Hall–Kier alpha value is -0.960. The molecule has 0 amide bonds. The largest absolute Gasteiger partial charge is 0.313 e. The first-order valence-electron chi connectivity index (χ1n) is 4.81. The van der Waals surface area contributed by atoms with E-state index in [0.29, 0.717) is 5.56 Å². The lowest BCUT2D eigenvalue weighted by atomic mass is 10.0. The molecule has 1 aromatic carbocycles. The van der Waals surface area contributed by atoms with Crippen LogP contribution in [0.25, 0.3) is 0 Å². The van der Waals surface area contributed by atoms with Crippen molar-refractivity contribution in [3.63, 3.8) is 0 Å². The normalized spacial score (nSPS) is 12.9. The van der Waals surface area contributed by atoms with E-state index in [4.69, 9.17) is 0 Å². The van der Waals surface area contributed by atoms with Gasteiger partial charge in [-0.3, -0.25) is 0 Å². The minimum Gasteiger partial charge on any atom is -0.313 e. The minimum absolute atomic E-state index is 0.101. The van der Waals surface area contributed by atoms with E-state index in [1.165, 1.54) is 12.1 Å². The first-order valence-corrected chi connectivity index (χ1v) is 4.81. The molecule has 0 bridgehead atoms. The molecule has 1 atom stereocenters. The van der Waals surface area contributed by atoms with Gasteiger partial charge in [-0.25, -0.2) is 8.78 Å². The van der Waals surface area contributed by atoms with Gasteiger partial charge in [0.25, 0.3) is 0 Å². The molecule has 1 rings (SSSR count). The number of hydrogen-bond donors (Lipinski definition) is 1. The maximum Gasteiger partial charge on any atom is 0.128 e. The number of benzene rings is 1. The van der Waals surface area contributed by atoms with E-state index in [9.17, 15) is 8.78 Å². The van der Waals surface area contributed by atoms with E-state index in [-0.39, 0.29) is 11.9 Å². The van der Waals surface area contributed by atoms with Gasteiger partial charge in [0.2, 0.25) is 0 Å². The lowest BCUT2D eigenvalue weighted by Crippen LogP contribution is -2.17. The quantitative estimate of drug-likeness (QED) is 0.786. The second-order valence-corrected chi connectivity index (χ2v) is 3.30. The lowest BCUT2D eigenvalue weighted by molar-refractivity contribution is 0.496. The van der Waals surface area contributed by atoms with Crippen molar-refractivity contribution in [2.75, 3.05) is 7.05 Å². The predicted molar refractivity (Wildman–Crippen MR) is 53.1 cm³/mol. The predicted octanol–water partition coefficient (Wildman–Crippen LogP) is 3.03. The maximum absolute atomic E-state index is 13.3. The first-order chi connectivity index (χ1) is 6.69. The van der Waals surface area contributed by atoms with Crippen LogP contribution in [0.4, 0.5) is 8.78 Å². The van der Waals surface area contributed by atoms with E-state index >= 15 is 0 Å². The molecule has 1 aromatic rings. The molecule has 0 spiro atoms. The molecule has 0 saturated heterocycles. The molecule has 0 fully saturated rings. The third-order valence-corrected chi connectivity index (χ3v) is 2.26. The zero-order chi connectivity index (χ0) is 10.6. The number of halogens is 2. The van der Waals surface area contributed by atoms with Gasteiger partial charge in [0.05, 0.1) is 0 Å². The standard InChI is InChI=1S/C11H15F2N/c1-3-4-11(14-2)9-7-8(12)5-6-10(9)13/h5-7,11,14H,3-4H2,1-2H3/t11-/m1/s1. The second-order valence-electron chi connectivity index (χ2n) is 3.30. The topological polar surface area (TPSA) is 12.0 Å². The van der Waals surface area contributed by atoms with Crippen LogP contribution in [-0.4, -0.2) is 7.05 Å². The Kier molecular flexibility index (Phi) is 4.01. The van der Waals surface area contributed by atoms with Crippen molar-refractivity contribution in [2.24, 2.45) is 0 Å². The van der Waals surface area contributed by atoms with Gasteiger partial charge < -0.3 is 5.32 Å². The molecule has 0 aliphatic carbocycles. The van der Waals surface area contributed by atoms with Crippen LogP contribution in [0.2, 0.25) is 0 Å². The highest BCUT2D eigenvalue weighted by molar-refractivity contribution is 5.22. The van der Waals surface area contributed by atoms with Gasteiger partial charge >= 0.3 is 0 Å². The van der Waals surface area contributed by atoms with Crippen LogP contribution < -0.4 is 5.32 Å². The highest BCUT2D eigenvalue weighted by Crippen LogP contribution is 2.21. The summed E-state index contributed by atoms with van der Waals surface area (Å²) in [6.07, 6.45) is 1.73. The molecule has 1 N–H and O–H groups in total. The van der Waals surface area contributed by atoms with Crippen molar-refractivity contribution < 1.29 is 8.78 Å². The Labute approximate surface area is 83.1 Å². The van der Waals surface area contributed by atoms with Gasteiger partial charge in [0.1, 0.15) is 11.6 Å². The van der Waals surface area contributed by atoms with Crippen molar-refractivity contribution in [1.82, 2.24) is 5.32 Å². The van der Waals surface area contributed by atoms with Crippen molar-refractivity contribution >= 4 is 0 Å². The number of nitrogens with one attached hydrogen (secondary N) is 1. The monoisotopic (exact) mass is 199 g/mol. The summed E-state index contributed by atoms with van der Waals surface area (Å²) in [5, 5.41) is 2.98. The van der Waals surface area contributed by atoms with Crippen LogP contribution in [0.15, 0.2) is 18.2 Å². The summed E-state index contributed by atoms with van der Waals surface area (Å²) >= 11 is 0. The summed E-state index contributed by atoms with van der Waals surface area (Å²) in [6.45, 7) is 2.02. The summed E-state index contributed by atoms with van der Waals surface area (Å²) in [5.41, 5.74) is 0.411. The molecule has 0 aliphatic rings. The third-order valence-electron chi connectivity index (χ3n) is 2.26. The first kappa shape index (κ1) is 11.1. The van der Waals surface area contributed by atoms with Crippen LogP contribution in [-0.2, 0) is 0 Å². The SMILES string of the molecule is CCC[C@@H](NC)c1cc(F)ccc1F. The number of hydrogen-bond acceptors (Lipinski definition) is 1. The van der Waals surface area contributed by atoms with E-state index in [1.807, 2.05) is 6.92 Å². The van der Waals surface area contributed by atoms with Gasteiger partial charge in [-0.05, 0) is 31.7 Å². The molecule has 0 radical (unpaired) electrons. The van der Waals surface area contributed by atoms with Gasteiger partial charge in [0.15, 0.2) is 0 Å². The van der Waals surface area contributed by atoms with Gasteiger partial charge in [-0.2, -0.15) is 0 Å². The van der Waals surface area contributed by atoms with Crippen molar-refractivity contribution in [1.29, 1.82) is 0 Å². The third kappa shape index (κ3) is 2.51. The Bertz CT molecular complexity index is 299. The molecule has 0 unspecified atom stereocenters. The maximum atomic E-state index is 13.3. The second kappa shape index (κ2) is 5.05. The lowest BCUT2D eigenvalue weighted by Gasteiger charge is -2.16. The average Bonchev–Trinajstić information content (AvgIpc) is 2.18. The highest BCUT2D eigenvalue weighted by atomic mass is 19.1. The van der Waals surface area contributed by atoms with Crippen molar-refractivity contribution in [3.05, 3.63) is 35.4 Å². The van der Waals surface area contributed by atoms with Crippen LogP contribution in [0.5, 0.6) is 0 Å². The summed E-state index contributed by atoms with van der Waals surface area (Å²) < 4.78 is 26.2. The summed E-state index contributed by atoms with van der Waals surface area (Å²) in [5.74, 6) is -0.739. The summed E-state index contributed by atoms with van der Waals surface area (Å²) in [6, 6.07) is 3.46. The minimum atomic E-state index is -0.391. The molecule has 78 valence electrons. The molecule has 0 saturated carbocycles. The van der Waals surface area contributed by atoms with E-state index in [0.717, 1.165) is 18.9 Å². The molecule has 0 heterocycles. The molecule has 3 heteroatoms. The fourth-order valence-corrected chi connectivity index (χ4v) is 1.53. The van der Waals surface area contributed by atoms with Gasteiger partial charge in [-0.1, -0.05) is 13.3 Å². The molecular formula is C11H15F2N. The van der Waals surface area contributed by atoms with E-state index in [1.54, 1.807) is 7.05 Å². The number of rotatable bonds is 4. The summed E-state index contributed by atoms with van der Waals surface area (Å²) in [4.78, 5) is 0. The average molecular weight is 199 g/mol.